The molecule has 0 bridgehead atoms. The van der Waals surface area contributed by atoms with Gasteiger partial charge >= 0.3 is 0 Å². The first-order valence-corrected chi connectivity index (χ1v) is 5.75. The Kier molecular flexibility index (Phi) is 3.69. The van der Waals surface area contributed by atoms with E-state index < -0.39 is 0 Å². The Hall–Kier alpha value is -1.20. The van der Waals surface area contributed by atoms with Crippen molar-refractivity contribution >= 4 is 0 Å². The van der Waals surface area contributed by atoms with Gasteiger partial charge in [0.1, 0.15) is 5.82 Å². The zero-order chi connectivity index (χ0) is 11.4. The van der Waals surface area contributed by atoms with E-state index in [4.69, 9.17) is 0 Å². The quantitative estimate of drug-likeness (QED) is 0.669. The van der Waals surface area contributed by atoms with Crippen LogP contribution in [0.2, 0.25) is 0 Å². The van der Waals surface area contributed by atoms with E-state index in [-0.39, 0.29) is 5.56 Å². The smallest absolute Gasteiger partial charge is 0.251 e. The molecule has 0 aromatic carbocycles. The number of aromatic nitrogens is 2. The number of piperidine rings is 1. The van der Waals surface area contributed by atoms with Crippen LogP contribution in [0, 0.1) is 6.92 Å². The van der Waals surface area contributed by atoms with Gasteiger partial charge in [0.05, 0.1) is 5.69 Å². The van der Waals surface area contributed by atoms with Crippen LogP contribution in [0.5, 0.6) is 0 Å². The van der Waals surface area contributed by atoms with Gasteiger partial charge in [-0.1, -0.05) is 0 Å². The molecule has 0 aliphatic carbocycles. The van der Waals surface area contributed by atoms with Crippen LogP contribution in [0.15, 0.2) is 10.9 Å². The fourth-order valence-electron chi connectivity index (χ4n) is 2.01. The highest BCUT2D eigenvalue weighted by Gasteiger charge is 2.12. The van der Waals surface area contributed by atoms with Gasteiger partial charge in [-0.15, -0.1) is 0 Å². The van der Waals surface area contributed by atoms with Gasteiger partial charge < -0.3 is 15.6 Å². The van der Waals surface area contributed by atoms with Gasteiger partial charge in [-0.3, -0.25) is 4.79 Å². The van der Waals surface area contributed by atoms with E-state index >= 15 is 0 Å². The molecule has 1 atom stereocenters. The van der Waals surface area contributed by atoms with Crippen LogP contribution < -0.4 is 16.2 Å². The maximum atomic E-state index is 11.2. The summed E-state index contributed by atoms with van der Waals surface area (Å²) in [5.41, 5.74) is 0.734. The third-order valence-electron chi connectivity index (χ3n) is 2.78. The Balaban J connectivity index is 1.90. The third-order valence-corrected chi connectivity index (χ3v) is 2.78. The topological polar surface area (TPSA) is 69.8 Å². The predicted octanol–water partition coefficient (Wildman–Crippen LogP) is -0.0801. The minimum atomic E-state index is -0.0777. The lowest BCUT2D eigenvalue weighted by molar-refractivity contribution is 0.387. The molecule has 1 aliphatic heterocycles. The summed E-state index contributed by atoms with van der Waals surface area (Å²) in [6.45, 7) is 4.58. The lowest BCUT2D eigenvalue weighted by Crippen LogP contribution is -2.42. The van der Waals surface area contributed by atoms with Gasteiger partial charge in [0, 0.05) is 25.2 Å². The van der Waals surface area contributed by atoms with E-state index in [0.717, 1.165) is 18.8 Å². The summed E-state index contributed by atoms with van der Waals surface area (Å²) in [4.78, 5) is 18.1. The fourth-order valence-corrected chi connectivity index (χ4v) is 2.01. The predicted molar refractivity (Wildman–Crippen MR) is 62.3 cm³/mol. The van der Waals surface area contributed by atoms with Crippen LogP contribution in [0.1, 0.15) is 24.4 Å². The molecule has 0 amide bonds. The molecule has 1 saturated heterocycles. The summed E-state index contributed by atoms with van der Waals surface area (Å²) >= 11 is 0. The summed E-state index contributed by atoms with van der Waals surface area (Å²) in [6, 6.07) is 2.05. The van der Waals surface area contributed by atoms with Crippen LogP contribution in [-0.4, -0.2) is 29.1 Å². The van der Waals surface area contributed by atoms with E-state index in [1.165, 1.54) is 12.8 Å². The first kappa shape index (κ1) is 11.3. The highest BCUT2D eigenvalue weighted by molar-refractivity contribution is 5.02. The van der Waals surface area contributed by atoms with Crippen molar-refractivity contribution in [3.05, 3.63) is 27.9 Å². The zero-order valence-corrected chi connectivity index (χ0v) is 9.55. The Bertz CT molecular complexity index is 395. The molecule has 88 valence electrons. The van der Waals surface area contributed by atoms with E-state index in [9.17, 15) is 4.79 Å². The number of aryl methyl sites for hydroxylation is 1. The summed E-state index contributed by atoms with van der Waals surface area (Å²) < 4.78 is 0. The molecule has 1 aliphatic rings. The number of hydrogen-bond acceptors (Lipinski definition) is 4. The second kappa shape index (κ2) is 5.23. The first-order chi connectivity index (χ1) is 7.74. The van der Waals surface area contributed by atoms with E-state index in [2.05, 4.69) is 20.6 Å². The summed E-state index contributed by atoms with van der Waals surface area (Å²) in [7, 11) is 0. The van der Waals surface area contributed by atoms with Gasteiger partial charge in [-0.25, -0.2) is 4.98 Å². The number of hydrogen-bond donors (Lipinski definition) is 3. The normalized spacial score (nSPS) is 20.9. The highest BCUT2D eigenvalue weighted by atomic mass is 16.1. The van der Waals surface area contributed by atoms with Crippen LogP contribution in [0.4, 0.5) is 0 Å². The molecule has 0 spiro atoms. The molecule has 0 saturated carbocycles. The monoisotopic (exact) mass is 222 g/mol. The second-order valence-electron chi connectivity index (χ2n) is 4.25. The van der Waals surface area contributed by atoms with Crippen LogP contribution in [0.25, 0.3) is 0 Å². The number of nitrogens with one attached hydrogen (secondary N) is 3. The van der Waals surface area contributed by atoms with Crippen LogP contribution in [0.3, 0.4) is 0 Å². The lowest BCUT2D eigenvalue weighted by Gasteiger charge is -2.23. The number of aromatic amines is 1. The molecule has 16 heavy (non-hydrogen) atoms. The molecular weight excluding hydrogens is 204 g/mol. The summed E-state index contributed by atoms with van der Waals surface area (Å²) in [5.74, 6) is 0.672. The van der Waals surface area contributed by atoms with Crippen molar-refractivity contribution < 1.29 is 0 Å². The second-order valence-corrected chi connectivity index (χ2v) is 4.25. The SMILES string of the molecule is Cc1nc(CNC2CCCNC2)cc(=O)[nH]1. The Morgan fingerprint density at radius 2 is 2.50 bits per heavy atom. The van der Waals surface area contributed by atoms with Crippen molar-refractivity contribution in [3.63, 3.8) is 0 Å². The van der Waals surface area contributed by atoms with Gasteiger partial charge in [0.2, 0.25) is 0 Å². The molecule has 1 fully saturated rings. The molecule has 1 unspecified atom stereocenters. The average Bonchev–Trinajstić information content (AvgIpc) is 2.27. The molecule has 5 heteroatoms. The number of nitrogens with zero attached hydrogens (tertiary/aromatic N) is 1. The minimum absolute atomic E-state index is 0.0777. The highest BCUT2D eigenvalue weighted by Crippen LogP contribution is 2.02. The van der Waals surface area contributed by atoms with Crippen LogP contribution in [-0.2, 0) is 6.54 Å². The van der Waals surface area contributed by atoms with Crippen LogP contribution >= 0.6 is 0 Å². The van der Waals surface area contributed by atoms with Crippen molar-refractivity contribution in [2.45, 2.75) is 32.4 Å². The van der Waals surface area contributed by atoms with Crippen molar-refractivity contribution in [2.75, 3.05) is 13.1 Å². The molecule has 3 N–H and O–H groups in total. The van der Waals surface area contributed by atoms with Gasteiger partial charge in [-0.2, -0.15) is 0 Å². The van der Waals surface area contributed by atoms with E-state index in [0.29, 0.717) is 18.4 Å². The fraction of sp³-hybridized carbons (Fsp3) is 0.636. The van der Waals surface area contributed by atoms with E-state index in [1.54, 1.807) is 13.0 Å². The van der Waals surface area contributed by atoms with Crippen molar-refractivity contribution in [2.24, 2.45) is 0 Å². The van der Waals surface area contributed by atoms with Gasteiger partial charge in [-0.05, 0) is 26.3 Å². The van der Waals surface area contributed by atoms with Crippen molar-refractivity contribution in [1.82, 2.24) is 20.6 Å². The Morgan fingerprint density at radius 1 is 1.62 bits per heavy atom. The maximum Gasteiger partial charge on any atom is 0.251 e. The summed E-state index contributed by atoms with van der Waals surface area (Å²) in [5, 5.41) is 6.76. The largest absolute Gasteiger partial charge is 0.315 e. The molecule has 5 nitrogen and oxygen atoms in total. The molecule has 2 rings (SSSR count). The van der Waals surface area contributed by atoms with Crippen molar-refractivity contribution in [3.8, 4) is 0 Å². The van der Waals surface area contributed by atoms with E-state index in [1.807, 2.05) is 0 Å². The molecule has 1 aromatic rings. The third kappa shape index (κ3) is 3.15. The molecular formula is C11H18N4O. The summed E-state index contributed by atoms with van der Waals surface area (Å²) in [6.07, 6.45) is 2.40. The zero-order valence-electron chi connectivity index (χ0n) is 9.55. The Labute approximate surface area is 94.7 Å². The molecule has 0 radical (unpaired) electrons. The minimum Gasteiger partial charge on any atom is -0.315 e. The van der Waals surface area contributed by atoms with Crippen molar-refractivity contribution in [1.29, 1.82) is 0 Å². The number of rotatable bonds is 3. The number of H-pyrrole nitrogens is 1. The van der Waals surface area contributed by atoms with Gasteiger partial charge in [0.15, 0.2) is 0 Å². The van der Waals surface area contributed by atoms with Gasteiger partial charge in [0.25, 0.3) is 5.56 Å². The average molecular weight is 222 g/mol. The molecule has 2 heterocycles. The lowest BCUT2D eigenvalue weighted by atomic mass is 10.1. The standard InChI is InChI=1S/C11H18N4O/c1-8-14-10(5-11(16)15-8)7-13-9-3-2-4-12-6-9/h5,9,12-13H,2-4,6-7H2,1H3,(H,14,15,16). The Morgan fingerprint density at radius 3 is 3.19 bits per heavy atom. The first-order valence-electron chi connectivity index (χ1n) is 5.75. The molecule has 1 aromatic heterocycles. The maximum absolute atomic E-state index is 11.2.